The summed E-state index contributed by atoms with van der Waals surface area (Å²) in [5.74, 6) is 0.526. The standard InChI is InChI=1S/C15H15NO3/c1-11-7-8-12(9-14(11)17)16-15(18)10-19-13-5-3-2-4-6-13/h2-9,17H,10H2,1H3,(H,16,18). The van der Waals surface area contributed by atoms with Gasteiger partial charge in [-0.15, -0.1) is 0 Å². The summed E-state index contributed by atoms with van der Waals surface area (Å²) >= 11 is 0. The van der Waals surface area contributed by atoms with Gasteiger partial charge in [-0.1, -0.05) is 24.3 Å². The van der Waals surface area contributed by atoms with E-state index in [0.717, 1.165) is 5.56 Å². The van der Waals surface area contributed by atoms with E-state index in [2.05, 4.69) is 5.32 Å². The van der Waals surface area contributed by atoms with Gasteiger partial charge >= 0.3 is 0 Å². The van der Waals surface area contributed by atoms with Crippen molar-refractivity contribution in [3.63, 3.8) is 0 Å². The van der Waals surface area contributed by atoms with Crippen LogP contribution in [0.3, 0.4) is 0 Å². The molecule has 0 fully saturated rings. The van der Waals surface area contributed by atoms with Crippen molar-refractivity contribution in [2.75, 3.05) is 11.9 Å². The lowest BCUT2D eigenvalue weighted by Gasteiger charge is -2.08. The monoisotopic (exact) mass is 257 g/mol. The number of anilines is 1. The average Bonchev–Trinajstić information content (AvgIpc) is 2.42. The number of aromatic hydroxyl groups is 1. The summed E-state index contributed by atoms with van der Waals surface area (Å²) in [6.07, 6.45) is 0. The number of hydrogen-bond acceptors (Lipinski definition) is 3. The van der Waals surface area contributed by atoms with E-state index in [1.807, 2.05) is 18.2 Å². The van der Waals surface area contributed by atoms with E-state index in [1.54, 1.807) is 31.2 Å². The summed E-state index contributed by atoms with van der Waals surface area (Å²) in [5, 5.41) is 12.2. The average molecular weight is 257 g/mol. The molecule has 2 N–H and O–H groups in total. The van der Waals surface area contributed by atoms with Gasteiger partial charge in [0.2, 0.25) is 0 Å². The molecule has 0 aromatic heterocycles. The Morgan fingerprint density at radius 2 is 1.95 bits per heavy atom. The van der Waals surface area contributed by atoms with Crippen molar-refractivity contribution < 1.29 is 14.6 Å². The third-order valence-corrected chi connectivity index (χ3v) is 2.61. The highest BCUT2D eigenvalue weighted by Crippen LogP contribution is 2.20. The van der Waals surface area contributed by atoms with Gasteiger partial charge in [0, 0.05) is 11.8 Å². The van der Waals surface area contributed by atoms with Crippen LogP contribution in [0.25, 0.3) is 0 Å². The number of carbonyl (C=O) groups is 1. The van der Waals surface area contributed by atoms with E-state index in [1.165, 1.54) is 6.07 Å². The second kappa shape index (κ2) is 5.91. The summed E-state index contributed by atoms with van der Waals surface area (Å²) in [6, 6.07) is 14.1. The van der Waals surface area contributed by atoms with Gasteiger partial charge < -0.3 is 15.2 Å². The molecule has 0 aliphatic heterocycles. The molecule has 4 heteroatoms. The minimum atomic E-state index is -0.271. The van der Waals surface area contributed by atoms with E-state index in [-0.39, 0.29) is 18.3 Å². The normalized spacial score (nSPS) is 9.95. The molecule has 1 amide bonds. The maximum Gasteiger partial charge on any atom is 0.262 e. The summed E-state index contributed by atoms with van der Waals surface area (Å²) in [4.78, 5) is 11.7. The van der Waals surface area contributed by atoms with Gasteiger partial charge in [0.15, 0.2) is 6.61 Å². The van der Waals surface area contributed by atoms with E-state index in [4.69, 9.17) is 4.74 Å². The fraction of sp³-hybridized carbons (Fsp3) is 0.133. The molecule has 0 bridgehead atoms. The molecule has 0 saturated heterocycles. The van der Waals surface area contributed by atoms with Gasteiger partial charge in [0.1, 0.15) is 11.5 Å². The second-order valence-corrected chi connectivity index (χ2v) is 4.15. The molecule has 0 unspecified atom stereocenters. The lowest BCUT2D eigenvalue weighted by atomic mass is 10.2. The maximum atomic E-state index is 11.7. The van der Waals surface area contributed by atoms with Crippen LogP contribution in [0.15, 0.2) is 48.5 Å². The van der Waals surface area contributed by atoms with Crippen molar-refractivity contribution in [3.8, 4) is 11.5 Å². The van der Waals surface area contributed by atoms with Gasteiger partial charge in [0.05, 0.1) is 0 Å². The molecular weight excluding hydrogens is 242 g/mol. The SMILES string of the molecule is Cc1ccc(NC(=O)COc2ccccc2)cc1O. The minimum Gasteiger partial charge on any atom is -0.508 e. The molecule has 2 aromatic rings. The van der Waals surface area contributed by atoms with E-state index < -0.39 is 0 Å². The Labute approximate surface area is 111 Å². The Balaban J connectivity index is 1.89. The largest absolute Gasteiger partial charge is 0.508 e. The van der Waals surface area contributed by atoms with Crippen LogP contribution in [-0.2, 0) is 4.79 Å². The Morgan fingerprint density at radius 3 is 2.63 bits per heavy atom. The first-order chi connectivity index (χ1) is 9.15. The molecule has 0 atom stereocenters. The number of hydrogen-bond donors (Lipinski definition) is 2. The van der Waals surface area contributed by atoms with Crippen LogP contribution in [0, 0.1) is 6.92 Å². The number of amides is 1. The highest BCUT2D eigenvalue weighted by Gasteiger charge is 2.05. The van der Waals surface area contributed by atoms with Crippen LogP contribution in [0.4, 0.5) is 5.69 Å². The zero-order chi connectivity index (χ0) is 13.7. The zero-order valence-electron chi connectivity index (χ0n) is 10.6. The van der Waals surface area contributed by atoms with Gasteiger partial charge in [-0.2, -0.15) is 0 Å². The van der Waals surface area contributed by atoms with Crippen LogP contribution in [0.2, 0.25) is 0 Å². The molecule has 0 spiro atoms. The lowest BCUT2D eigenvalue weighted by Crippen LogP contribution is -2.20. The number of benzene rings is 2. The van der Waals surface area contributed by atoms with Crippen LogP contribution in [0.1, 0.15) is 5.56 Å². The number of nitrogens with one attached hydrogen (secondary N) is 1. The lowest BCUT2D eigenvalue weighted by molar-refractivity contribution is -0.118. The first-order valence-electron chi connectivity index (χ1n) is 5.92. The number of rotatable bonds is 4. The third kappa shape index (κ3) is 3.74. The summed E-state index contributed by atoms with van der Waals surface area (Å²) in [5.41, 5.74) is 1.31. The van der Waals surface area contributed by atoms with Crippen LogP contribution >= 0.6 is 0 Å². The van der Waals surface area contributed by atoms with Gasteiger partial charge in [0.25, 0.3) is 5.91 Å². The number of phenolic OH excluding ortho intramolecular Hbond substituents is 1. The van der Waals surface area contributed by atoms with Crippen molar-refractivity contribution in [1.82, 2.24) is 0 Å². The smallest absolute Gasteiger partial charge is 0.262 e. The third-order valence-electron chi connectivity index (χ3n) is 2.61. The van der Waals surface area contributed by atoms with E-state index in [0.29, 0.717) is 11.4 Å². The molecule has 0 aliphatic carbocycles. The minimum absolute atomic E-state index is 0.0708. The maximum absolute atomic E-state index is 11.7. The molecule has 0 heterocycles. The molecule has 4 nitrogen and oxygen atoms in total. The Kier molecular flexibility index (Phi) is 4.03. The van der Waals surface area contributed by atoms with Crippen molar-refractivity contribution in [3.05, 3.63) is 54.1 Å². The van der Waals surface area contributed by atoms with Crippen molar-refractivity contribution in [2.24, 2.45) is 0 Å². The number of phenols is 1. The van der Waals surface area contributed by atoms with Crippen LogP contribution < -0.4 is 10.1 Å². The predicted octanol–water partition coefficient (Wildman–Crippen LogP) is 2.72. The first-order valence-corrected chi connectivity index (χ1v) is 5.92. The van der Waals surface area contributed by atoms with Gasteiger partial charge in [-0.25, -0.2) is 0 Å². The van der Waals surface area contributed by atoms with Gasteiger partial charge in [-0.3, -0.25) is 4.79 Å². The second-order valence-electron chi connectivity index (χ2n) is 4.15. The molecule has 2 rings (SSSR count). The van der Waals surface area contributed by atoms with Crippen LogP contribution in [-0.4, -0.2) is 17.6 Å². The number of ether oxygens (including phenoxy) is 1. The number of carbonyl (C=O) groups excluding carboxylic acids is 1. The molecular formula is C15H15NO3. The number of aryl methyl sites for hydroxylation is 1. The van der Waals surface area contributed by atoms with Crippen molar-refractivity contribution in [2.45, 2.75) is 6.92 Å². The van der Waals surface area contributed by atoms with Crippen LogP contribution in [0.5, 0.6) is 11.5 Å². The quantitative estimate of drug-likeness (QED) is 0.885. The highest BCUT2D eigenvalue weighted by molar-refractivity contribution is 5.92. The first kappa shape index (κ1) is 13.0. The Hall–Kier alpha value is -2.49. The molecule has 0 aliphatic rings. The summed E-state index contributed by atoms with van der Waals surface area (Å²) in [7, 11) is 0. The van der Waals surface area contributed by atoms with E-state index >= 15 is 0 Å². The molecule has 0 saturated carbocycles. The zero-order valence-corrected chi connectivity index (χ0v) is 10.6. The van der Waals surface area contributed by atoms with Crippen molar-refractivity contribution >= 4 is 11.6 Å². The molecule has 19 heavy (non-hydrogen) atoms. The molecule has 98 valence electrons. The summed E-state index contributed by atoms with van der Waals surface area (Å²) in [6.45, 7) is 1.72. The Morgan fingerprint density at radius 1 is 1.21 bits per heavy atom. The molecule has 2 aromatic carbocycles. The molecule has 0 radical (unpaired) electrons. The topological polar surface area (TPSA) is 58.6 Å². The van der Waals surface area contributed by atoms with Crippen molar-refractivity contribution in [1.29, 1.82) is 0 Å². The Bertz CT molecular complexity index is 567. The van der Waals surface area contributed by atoms with Gasteiger partial charge in [-0.05, 0) is 30.7 Å². The number of para-hydroxylation sites is 1. The fourth-order valence-corrected chi connectivity index (χ4v) is 1.55. The predicted molar refractivity (Wildman–Crippen MR) is 73.4 cm³/mol. The van der Waals surface area contributed by atoms with E-state index in [9.17, 15) is 9.90 Å². The summed E-state index contributed by atoms with van der Waals surface area (Å²) < 4.78 is 5.32. The highest BCUT2D eigenvalue weighted by atomic mass is 16.5. The fourth-order valence-electron chi connectivity index (χ4n) is 1.55.